The van der Waals surface area contributed by atoms with Gasteiger partial charge < -0.3 is 15.5 Å². The molecule has 0 aliphatic carbocycles. The van der Waals surface area contributed by atoms with Gasteiger partial charge in [-0.15, -0.1) is 0 Å². The number of hydrogen-bond donors (Lipinski definition) is 2. The standard InChI is InChI=1S/C13H17N3O2/c14-6-1-2-13(17)15-7-5-10-3-4-11-12(8-10)18-9-16-11/h3-4,8-9H,1-2,5-7,14H2,(H,15,17). The van der Waals surface area contributed by atoms with E-state index in [2.05, 4.69) is 10.3 Å². The quantitative estimate of drug-likeness (QED) is 0.804. The van der Waals surface area contributed by atoms with E-state index in [4.69, 9.17) is 10.2 Å². The van der Waals surface area contributed by atoms with Crippen LogP contribution in [-0.2, 0) is 11.2 Å². The molecule has 0 unspecified atom stereocenters. The molecule has 2 aromatic rings. The predicted octanol–water partition coefficient (Wildman–Crippen LogP) is 1.23. The van der Waals surface area contributed by atoms with Crippen LogP contribution in [0.5, 0.6) is 0 Å². The first-order chi connectivity index (χ1) is 8.79. The van der Waals surface area contributed by atoms with Crippen molar-refractivity contribution in [1.82, 2.24) is 10.3 Å². The highest BCUT2D eigenvalue weighted by Crippen LogP contribution is 2.14. The van der Waals surface area contributed by atoms with Crippen LogP contribution in [0.25, 0.3) is 11.1 Å². The van der Waals surface area contributed by atoms with Gasteiger partial charge in [0.15, 0.2) is 12.0 Å². The molecule has 0 radical (unpaired) electrons. The minimum atomic E-state index is 0.0567. The number of amides is 1. The average Bonchev–Trinajstić information content (AvgIpc) is 2.83. The second-order valence-electron chi connectivity index (χ2n) is 4.15. The van der Waals surface area contributed by atoms with Crippen molar-refractivity contribution in [2.75, 3.05) is 13.1 Å². The van der Waals surface area contributed by atoms with Gasteiger partial charge in [0.25, 0.3) is 0 Å². The fourth-order valence-electron chi connectivity index (χ4n) is 1.75. The molecule has 0 spiro atoms. The molecule has 2 rings (SSSR count). The van der Waals surface area contributed by atoms with Crippen LogP contribution >= 0.6 is 0 Å². The van der Waals surface area contributed by atoms with Crippen LogP contribution in [0.1, 0.15) is 18.4 Å². The largest absolute Gasteiger partial charge is 0.443 e. The second-order valence-corrected chi connectivity index (χ2v) is 4.15. The Morgan fingerprint density at radius 1 is 1.44 bits per heavy atom. The molecule has 1 amide bonds. The van der Waals surface area contributed by atoms with Crippen LogP contribution in [0.15, 0.2) is 29.0 Å². The number of benzene rings is 1. The molecule has 0 saturated carbocycles. The number of nitrogens with one attached hydrogen (secondary N) is 1. The molecule has 0 aliphatic heterocycles. The number of oxazole rings is 1. The smallest absolute Gasteiger partial charge is 0.220 e. The summed E-state index contributed by atoms with van der Waals surface area (Å²) in [7, 11) is 0. The number of nitrogens with two attached hydrogens (primary N) is 1. The molecule has 0 fully saturated rings. The minimum absolute atomic E-state index is 0.0567. The van der Waals surface area contributed by atoms with E-state index < -0.39 is 0 Å². The van der Waals surface area contributed by atoms with E-state index in [0.717, 1.165) is 29.5 Å². The summed E-state index contributed by atoms with van der Waals surface area (Å²) < 4.78 is 5.23. The van der Waals surface area contributed by atoms with Crippen LogP contribution in [-0.4, -0.2) is 24.0 Å². The highest BCUT2D eigenvalue weighted by molar-refractivity contribution is 5.76. The van der Waals surface area contributed by atoms with Crippen molar-refractivity contribution in [1.29, 1.82) is 0 Å². The van der Waals surface area contributed by atoms with E-state index >= 15 is 0 Å². The average molecular weight is 247 g/mol. The Hall–Kier alpha value is -1.88. The molecule has 1 heterocycles. The first-order valence-electron chi connectivity index (χ1n) is 6.08. The van der Waals surface area contributed by atoms with E-state index in [9.17, 15) is 4.79 Å². The van der Waals surface area contributed by atoms with E-state index in [1.165, 1.54) is 6.39 Å². The lowest BCUT2D eigenvalue weighted by molar-refractivity contribution is -0.121. The molecule has 96 valence electrons. The van der Waals surface area contributed by atoms with E-state index in [1.807, 2.05) is 18.2 Å². The van der Waals surface area contributed by atoms with Gasteiger partial charge in [0.2, 0.25) is 5.91 Å². The van der Waals surface area contributed by atoms with Crippen molar-refractivity contribution in [3.63, 3.8) is 0 Å². The summed E-state index contributed by atoms with van der Waals surface area (Å²) in [4.78, 5) is 15.4. The van der Waals surface area contributed by atoms with Gasteiger partial charge in [-0.1, -0.05) is 6.07 Å². The number of aromatic nitrogens is 1. The van der Waals surface area contributed by atoms with Gasteiger partial charge in [-0.2, -0.15) is 0 Å². The summed E-state index contributed by atoms with van der Waals surface area (Å²) >= 11 is 0. The molecule has 0 aliphatic rings. The molecule has 5 heteroatoms. The van der Waals surface area contributed by atoms with Gasteiger partial charge in [0, 0.05) is 13.0 Å². The maximum atomic E-state index is 11.4. The lowest BCUT2D eigenvalue weighted by Gasteiger charge is -2.04. The Morgan fingerprint density at radius 2 is 2.33 bits per heavy atom. The predicted molar refractivity (Wildman–Crippen MR) is 69.0 cm³/mol. The Kier molecular flexibility index (Phi) is 4.30. The zero-order valence-electron chi connectivity index (χ0n) is 10.2. The third-order valence-electron chi connectivity index (χ3n) is 2.74. The Labute approximate surface area is 105 Å². The lowest BCUT2D eigenvalue weighted by Crippen LogP contribution is -2.25. The summed E-state index contributed by atoms with van der Waals surface area (Å²) in [5.74, 6) is 0.0567. The van der Waals surface area contributed by atoms with Crippen LogP contribution in [0.4, 0.5) is 0 Å². The highest BCUT2D eigenvalue weighted by Gasteiger charge is 2.02. The molecule has 0 atom stereocenters. The Bertz CT molecular complexity index is 522. The van der Waals surface area contributed by atoms with E-state index in [0.29, 0.717) is 19.5 Å². The summed E-state index contributed by atoms with van der Waals surface area (Å²) in [6.45, 7) is 1.18. The molecule has 5 nitrogen and oxygen atoms in total. The molecule has 0 bridgehead atoms. The maximum absolute atomic E-state index is 11.4. The summed E-state index contributed by atoms with van der Waals surface area (Å²) in [6.07, 6.45) is 3.45. The number of carbonyl (C=O) groups is 1. The van der Waals surface area contributed by atoms with Crippen molar-refractivity contribution in [3.8, 4) is 0 Å². The number of carbonyl (C=O) groups excluding carboxylic acids is 1. The summed E-state index contributed by atoms with van der Waals surface area (Å²) in [6, 6.07) is 5.87. The third-order valence-corrected chi connectivity index (χ3v) is 2.74. The van der Waals surface area contributed by atoms with Gasteiger partial charge >= 0.3 is 0 Å². The molecule has 3 N–H and O–H groups in total. The van der Waals surface area contributed by atoms with E-state index in [-0.39, 0.29) is 5.91 Å². The van der Waals surface area contributed by atoms with Crippen LogP contribution < -0.4 is 11.1 Å². The normalized spacial score (nSPS) is 10.7. The summed E-state index contributed by atoms with van der Waals surface area (Å²) in [5.41, 5.74) is 8.10. The number of nitrogens with zero attached hydrogens (tertiary/aromatic N) is 1. The zero-order chi connectivity index (χ0) is 12.8. The second kappa shape index (κ2) is 6.16. The van der Waals surface area contributed by atoms with Crippen LogP contribution in [0.2, 0.25) is 0 Å². The molecule has 1 aromatic heterocycles. The van der Waals surface area contributed by atoms with Crippen LogP contribution in [0, 0.1) is 0 Å². The molecular formula is C13H17N3O2. The van der Waals surface area contributed by atoms with Crippen molar-refractivity contribution in [2.24, 2.45) is 5.73 Å². The number of fused-ring (bicyclic) bond motifs is 1. The molecule has 0 saturated heterocycles. The SMILES string of the molecule is NCCCC(=O)NCCc1ccc2ncoc2c1. The van der Waals surface area contributed by atoms with Crippen LogP contribution in [0.3, 0.4) is 0 Å². The van der Waals surface area contributed by atoms with Crippen molar-refractivity contribution in [3.05, 3.63) is 30.2 Å². The highest BCUT2D eigenvalue weighted by atomic mass is 16.3. The fraction of sp³-hybridized carbons (Fsp3) is 0.385. The Morgan fingerprint density at radius 3 is 3.17 bits per heavy atom. The fourth-order valence-corrected chi connectivity index (χ4v) is 1.75. The van der Waals surface area contributed by atoms with E-state index in [1.54, 1.807) is 0 Å². The minimum Gasteiger partial charge on any atom is -0.443 e. The van der Waals surface area contributed by atoms with Gasteiger partial charge in [-0.25, -0.2) is 4.98 Å². The Balaban J connectivity index is 1.81. The summed E-state index contributed by atoms with van der Waals surface area (Å²) in [5, 5.41) is 2.87. The zero-order valence-corrected chi connectivity index (χ0v) is 10.2. The first kappa shape index (κ1) is 12.6. The van der Waals surface area contributed by atoms with Gasteiger partial charge in [0.1, 0.15) is 5.52 Å². The molecule has 18 heavy (non-hydrogen) atoms. The topological polar surface area (TPSA) is 81.2 Å². The first-order valence-corrected chi connectivity index (χ1v) is 6.08. The maximum Gasteiger partial charge on any atom is 0.220 e. The number of hydrogen-bond acceptors (Lipinski definition) is 4. The van der Waals surface area contributed by atoms with Crippen molar-refractivity contribution < 1.29 is 9.21 Å². The third kappa shape index (κ3) is 3.30. The van der Waals surface area contributed by atoms with Gasteiger partial charge in [-0.3, -0.25) is 4.79 Å². The monoisotopic (exact) mass is 247 g/mol. The van der Waals surface area contributed by atoms with Gasteiger partial charge in [-0.05, 0) is 37.1 Å². The van der Waals surface area contributed by atoms with Gasteiger partial charge in [0.05, 0.1) is 0 Å². The van der Waals surface area contributed by atoms with Crippen molar-refractivity contribution in [2.45, 2.75) is 19.3 Å². The number of rotatable bonds is 6. The molecular weight excluding hydrogens is 230 g/mol. The molecule has 1 aromatic carbocycles. The lowest BCUT2D eigenvalue weighted by atomic mass is 10.1. The van der Waals surface area contributed by atoms with Crippen molar-refractivity contribution >= 4 is 17.0 Å².